The van der Waals surface area contributed by atoms with Gasteiger partial charge in [0.05, 0.1) is 5.92 Å². The van der Waals surface area contributed by atoms with Gasteiger partial charge < -0.3 is 5.32 Å². The Labute approximate surface area is 127 Å². The van der Waals surface area contributed by atoms with Crippen LogP contribution >= 0.6 is 11.6 Å². The molecular weight excluding hydrogens is 288 g/mol. The van der Waals surface area contributed by atoms with Crippen molar-refractivity contribution in [3.63, 3.8) is 0 Å². The highest BCUT2D eigenvalue weighted by atomic mass is 35.5. The first-order valence-corrected chi connectivity index (χ1v) is 6.95. The van der Waals surface area contributed by atoms with Gasteiger partial charge in [-0.1, -0.05) is 48.0 Å². The van der Waals surface area contributed by atoms with Crippen LogP contribution in [0.1, 0.15) is 11.5 Å². The molecule has 1 fully saturated rings. The van der Waals surface area contributed by atoms with Gasteiger partial charge in [-0.2, -0.15) is 0 Å². The second-order valence-electron chi connectivity index (χ2n) is 4.84. The van der Waals surface area contributed by atoms with E-state index in [1.807, 2.05) is 30.3 Å². The van der Waals surface area contributed by atoms with Crippen molar-refractivity contribution in [2.75, 3.05) is 5.32 Å². The molecule has 1 saturated heterocycles. The van der Waals surface area contributed by atoms with Gasteiger partial charge in [-0.25, -0.2) is 0 Å². The van der Waals surface area contributed by atoms with Gasteiger partial charge in [-0.15, -0.1) is 0 Å². The van der Waals surface area contributed by atoms with Crippen LogP contribution in [0.4, 0.5) is 5.69 Å². The molecule has 1 aliphatic heterocycles. The van der Waals surface area contributed by atoms with Crippen LogP contribution in [-0.4, -0.2) is 17.9 Å². The van der Waals surface area contributed by atoms with Gasteiger partial charge in [-0.05, 0) is 23.8 Å². The smallest absolute Gasteiger partial charge is 0.250 e. The van der Waals surface area contributed by atoms with Gasteiger partial charge >= 0.3 is 0 Å². The van der Waals surface area contributed by atoms with Crippen LogP contribution in [0.25, 0.3) is 0 Å². The Balaban J connectivity index is 1.95. The summed E-state index contributed by atoms with van der Waals surface area (Å²) in [6.45, 7) is 0. The number of imide groups is 1. The van der Waals surface area contributed by atoms with Gasteiger partial charge in [0.2, 0.25) is 11.8 Å². The lowest BCUT2D eigenvalue weighted by Gasteiger charge is -2.19. The van der Waals surface area contributed by atoms with E-state index >= 15 is 0 Å². The van der Waals surface area contributed by atoms with E-state index in [9.17, 15) is 9.59 Å². The second kappa shape index (κ2) is 5.58. The molecule has 2 aromatic rings. The minimum absolute atomic E-state index is 0.332. The maximum absolute atomic E-state index is 12.1. The first-order valence-electron chi connectivity index (χ1n) is 6.57. The van der Waals surface area contributed by atoms with Crippen LogP contribution in [0, 0.1) is 0 Å². The normalized spacial score (nSPS) is 21.2. The Morgan fingerprint density at radius 1 is 0.905 bits per heavy atom. The number of hydrogen-bond acceptors (Lipinski definition) is 3. The van der Waals surface area contributed by atoms with Gasteiger partial charge in [0, 0.05) is 10.7 Å². The highest BCUT2D eigenvalue weighted by Crippen LogP contribution is 2.32. The van der Waals surface area contributed by atoms with E-state index in [2.05, 4.69) is 10.6 Å². The molecule has 1 heterocycles. The van der Waals surface area contributed by atoms with E-state index in [1.165, 1.54) is 0 Å². The number of carbonyl (C=O) groups is 2. The van der Waals surface area contributed by atoms with Crippen LogP contribution in [-0.2, 0) is 9.59 Å². The van der Waals surface area contributed by atoms with E-state index in [4.69, 9.17) is 11.6 Å². The quantitative estimate of drug-likeness (QED) is 0.857. The number of amides is 2. The summed E-state index contributed by atoms with van der Waals surface area (Å²) in [6.07, 6.45) is 0. The van der Waals surface area contributed by atoms with Crippen LogP contribution in [0.2, 0.25) is 5.02 Å². The van der Waals surface area contributed by atoms with Crippen molar-refractivity contribution in [1.29, 1.82) is 0 Å². The maximum Gasteiger partial charge on any atom is 0.250 e. The molecule has 0 spiro atoms. The second-order valence-corrected chi connectivity index (χ2v) is 5.25. The Bertz CT molecular complexity index is 688. The summed E-state index contributed by atoms with van der Waals surface area (Å²) in [6, 6.07) is 15.7. The fraction of sp³-hybridized carbons (Fsp3) is 0.125. The monoisotopic (exact) mass is 300 g/mol. The highest BCUT2D eigenvalue weighted by molar-refractivity contribution is 6.32. The number of hydrogen-bond donors (Lipinski definition) is 2. The summed E-state index contributed by atoms with van der Waals surface area (Å²) in [5, 5.41) is 5.95. The molecule has 0 radical (unpaired) electrons. The first kappa shape index (κ1) is 13.6. The molecule has 3 rings (SSSR count). The van der Waals surface area contributed by atoms with E-state index in [-0.39, 0.29) is 11.8 Å². The number of nitrogens with one attached hydrogen (secondary N) is 2. The molecule has 2 N–H and O–H groups in total. The molecule has 2 unspecified atom stereocenters. The van der Waals surface area contributed by atoms with Crippen molar-refractivity contribution in [3.05, 3.63) is 65.2 Å². The van der Waals surface area contributed by atoms with Crippen LogP contribution in [0.5, 0.6) is 0 Å². The predicted molar refractivity (Wildman–Crippen MR) is 81.2 cm³/mol. The maximum atomic E-state index is 12.1. The lowest BCUT2D eigenvalue weighted by Crippen LogP contribution is -2.32. The average Bonchev–Trinajstić information content (AvgIpc) is 2.75. The molecule has 2 atom stereocenters. The Kier molecular flexibility index (Phi) is 3.62. The molecule has 0 saturated carbocycles. The summed E-state index contributed by atoms with van der Waals surface area (Å²) in [7, 11) is 0. The topological polar surface area (TPSA) is 58.2 Å². The van der Waals surface area contributed by atoms with Crippen LogP contribution in [0.15, 0.2) is 54.6 Å². The van der Waals surface area contributed by atoms with Crippen LogP contribution in [0.3, 0.4) is 0 Å². The molecule has 2 amide bonds. The first-order chi connectivity index (χ1) is 10.2. The Morgan fingerprint density at radius 3 is 2.29 bits per heavy atom. The number of benzene rings is 2. The average molecular weight is 301 g/mol. The summed E-state index contributed by atoms with van der Waals surface area (Å²) >= 11 is 6.17. The zero-order valence-electron chi connectivity index (χ0n) is 11.0. The summed E-state index contributed by atoms with van der Waals surface area (Å²) in [4.78, 5) is 24.2. The number of anilines is 1. The molecule has 2 aromatic carbocycles. The van der Waals surface area contributed by atoms with Gasteiger partial charge in [-0.3, -0.25) is 14.9 Å². The summed E-state index contributed by atoms with van der Waals surface area (Å²) in [5.74, 6) is -1.30. The van der Waals surface area contributed by atoms with Gasteiger partial charge in [0.1, 0.15) is 6.04 Å². The standard InChI is InChI=1S/C16H13ClN2O2/c17-12-9-5-4-8-11(12)13-14(16(21)19-15(13)20)18-10-6-2-1-3-7-10/h1-9,13-14,18H,(H,19,20,21). The molecular formula is C16H13ClN2O2. The molecule has 0 bridgehead atoms. The van der Waals surface area contributed by atoms with Crippen molar-refractivity contribution in [3.8, 4) is 0 Å². The van der Waals surface area contributed by atoms with E-state index < -0.39 is 12.0 Å². The van der Waals surface area contributed by atoms with Crippen molar-refractivity contribution in [2.24, 2.45) is 0 Å². The number of para-hydroxylation sites is 1. The van der Waals surface area contributed by atoms with Crippen molar-refractivity contribution in [2.45, 2.75) is 12.0 Å². The Hall–Kier alpha value is -2.33. The van der Waals surface area contributed by atoms with E-state index in [1.54, 1.807) is 24.3 Å². The fourth-order valence-electron chi connectivity index (χ4n) is 2.49. The Morgan fingerprint density at radius 2 is 1.57 bits per heavy atom. The number of halogens is 1. The minimum Gasteiger partial charge on any atom is -0.373 e. The molecule has 21 heavy (non-hydrogen) atoms. The molecule has 4 nitrogen and oxygen atoms in total. The third-order valence-electron chi connectivity index (χ3n) is 3.48. The lowest BCUT2D eigenvalue weighted by atomic mass is 9.93. The van der Waals surface area contributed by atoms with Gasteiger partial charge in [0.15, 0.2) is 0 Å². The fourth-order valence-corrected chi connectivity index (χ4v) is 2.74. The molecule has 5 heteroatoms. The molecule has 106 valence electrons. The zero-order chi connectivity index (χ0) is 14.8. The molecule has 1 aliphatic rings. The molecule has 0 aliphatic carbocycles. The third kappa shape index (κ3) is 2.62. The summed E-state index contributed by atoms with van der Waals surface area (Å²) < 4.78 is 0. The number of rotatable bonds is 3. The zero-order valence-corrected chi connectivity index (χ0v) is 11.8. The SMILES string of the molecule is O=C1NC(=O)C(c2ccccc2Cl)C1Nc1ccccc1. The highest BCUT2D eigenvalue weighted by Gasteiger charge is 2.43. The molecule has 0 aromatic heterocycles. The summed E-state index contributed by atoms with van der Waals surface area (Å²) in [5.41, 5.74) is 1.43. The minimum atomic E-state index is -0.667. The number of carbonyl (C=O) groups excluding carboxylic acids is 2. The lowest BCUT2D eigenvalue weighted by molar-refractivity contribution is -0.125. The predicted octanol–water partition coefficient (Wildman–Crippen LogP) is 2.56. The van der Waals surface area contributed by atoms with Crippen molar-refractivity contribution in [1.82, 2.24) is 5.32 Å². The van der Waals surface area contributed by atoms with Gasteiger partial charge in [0.25, 0.3) is 0 Å². The largest absolute Gasteiger partial charge is 0.373 e. The van der Waals surface area contributed by atoms with Crippen LogP contribution < -0.4 is 10.6 Å². The van der Waals surface area contributed by atoms with Crippen molar-refractivity contribution >= 4 is 29.1 Å². The third-order valence-corrected chi connectivity index (χ3v) is 3.83. The van der Waals surface area contributed by atoms with E-state index in [0.29, 0.717) is 10.6 Å². The van der Waals surface area contributed by atoms with Crippen molar-refractivity contribution < 1.29 is 9.59 Å². The van der Waals surface area contributed by atoms with E-state index in [0.717, 1.165) is 5.69 Å².